The predicted molar refractivity (Wildman–Crippen MR) is 240 cm³/mol. The molecule has 3 fully saturated rings. The first-order valence-electron chi connectivity index (χ1n) is 21.8. The average molecular weight is 875 g/mol. The van der Waals surface area contributed by atoms with Crippen molar-refractivity contribution >= 4 is 46.3 Å². The van der Waals surface area contributed by atoms with Gasteiger partial charge in [-0.1, -0.05) is 18.2 Å². The lowest BCUT2D eigenvalue weighted by Gasteiger charge is -2.40. The molecule has 64 heavy (non-hydrogen) atoms. The number of carbonyl (C=O) groups is 3. The fourth-order valence-electron chi connectivity index (χ4n) is 9.34. The Balaban J connectivity index is 0.793. The molecule has 4 aliphatic rings. The highest BCUT2D eigenvalue weighted by Crippen LogP contribution is 2.38. The van der Waals surface area contributed by atoms with Crippen LogP contribution in [-0.4, -0.2) is 103 Å². The van der Waals surface area contributed by atoms with Gasteiger partial charge in [-0.3, -0.25) is 19.3 Å². The molecule has 1 unspecified atom stereocenters. The lowest BCUT2D eigenvalue weighted by molar-refractivity contribution is -0.125. The molecule has 0 radical (unpaired) electrons. The van der Waals surface area contributed by atoms with Gasteiger partial charge in [-0.15, -0.1) is 0 Å². The van der Waals surface area contributed by atoms with Crippen molar-refractivity contribution in [3.8, 4) is 17.0 Å². The van der Waals surface area contributed by atoms with Crippen molar-refractivity contribution in [2.75, 3.05) is 79.5 Å². The Hall–Kier alpha value is -6.72. The number of anilines is 5. The Bertz CT molecular complexity index is 2550. The first-order valence-corrected chi connectivity index (χ1v) is 21.8. The number of hydrogen-bond acceptors (Lipinski definition) is 11. The molecule has 0 saturated carbocycles. The van der Waals surface area contributed by atoms with E-state index in [0.29, 0.717) is 43.4 Å². The zero-order valence-electron chi connectivity index (χ0n) is 35.7. The van der Waals surface area contributed by atoms with Gasteiger partial charge >= 0.3 is 0 Å². The number of carbonyl (C=O) groups excluding carboxylic acids is 3. The van der Waals surface area contributed by atoms with E-state index in [9.17, 15) is 19.5 Å². The number of rotatable bonds is 11. The monoisotopic (exact) mass is 874 g/mol. The van der Waals surface area contributed by atoms with E-state index < -0.39 is 29.8 Å². The number of primary amides is 1. The number of piperidine rings is 1. The second kappa shape index (κ2) is 18.2. The highest BCUT2D eigenvalue weighted by Gasteiger charge is 2.31. The Morgan fingerprint density at radius 3 is 2.31 bits per heavy atom. The lowest BCUT2D eigenvalue weighted by atomic mass is 9.95. The zero-order chi connectivity index (χ0) is 44.5. The summed E-state index contributed by atoms with van der Waals surface area (Å²) in [7, 11) is 1.44. The molecule has 4 aliphatic heterocycles. The molecule has 3 amide bonds. The molecule has 9 rings (SSSR count). The van der Waals surface area contributed by atoms with Crippen LogP contribution in [0.5, 0.6) is 5.75 Å². The number of aliphatic hydroxyl groups is 1. The van der Waals surface area contributed by atoms with Crippen LogP contribution >= 0.6 is 0 Å². The number of nitrogens with two attached hydrogens (primary N) is 1. The molecule has 3 saturated heterocycles. The summed E-state index contributed by atoms with van der Waals surface area (Å²) in [6.07, 6.45) is 2.18. The van der Waals surface area contributed by atoms with Gasteiger partial charge in [0.05, 0.1) is 12.7 Å². The molecule has 17 heteroatoms. The minimum atomic E-state index is -1.20. The van der Waals surface area contributed by atoms with Gasteiger partial charge in [0.1, 0.15) is 22.8 Å². The maximum absolute atomic E-state index is 15.8. The molecule has 6 N–H and O–H groups in total. The summed E-state index contributed by atoms with van der Waals surface area (Å²) >= 11 is 0. The average Bonchev–Trinajstić information content (AvgIpc) is 3.57. The van der Waals surface area contributed by atoms with E-state index in [-0.39, 0.29) is 40.4 Å². The van der Waals surface area contributed by atoms with Crippen LogP contribution in [0.3, 0.4) is 0 Å². The van der Waals surface area contributed by atoms with E-state index in [4.69, 9.17) is 10.5 Å². The van der Waals surface area contributed by atoms with E-state index >= 15 is 8.78 Å². The molecule has 0 aliphatic carbocycles. The Morgan fingerprint density at radius 2 is 1.58 bits per heavy atom. The van der Waals surface area contributed by atoms with Gasteiger partial charge in [0, 0.05) is 106 Å². The smallest absolute Gasteiger partial charge is 0.255 e. The standard InChI is InChI=1S/C47H52F2N10O5/c1-64-38-5-3-2-4-35(38)46(62)51-27-31-6-12-36(42(49)41(31)48)43-40(44(50)61)45-52-37-13-11-34(26-30(37)16-21-59(45)54-43)57-24-22-55(23-25-57)28-29-14-18-56(19-15-29)32-7-9-33(10-8-32)58-20-17-39(60)53-47(58)63/h2-13,26,29,47,52,63H,14-25,27-28H2,1H3,(H2,50,61)(H,51,62)(H,53,60). The number of nitrogens with zero attached hydrogens (tertiary/aromatic N) is 6. The molecular formula is C47H52F2N10O5. The van der Waals surface area contributed by atoms with Crippen LogP contribution in [0.1, 0.15) is 51.1 Å². The lowest BCUT2D eigenvalue weighted by Crippen LogP contribution is -2.54. The number of nitrogens with one attached hydrogen (secondary N) is 3. The van der Waals surface area contributed by atoms with Gasteiger partial charge in [-0.25, -0.2) is 13.5 Å². The molecule has 5 heterocycles. The van der Waals surface area contributed by atoms with Crippen molar-refractivity contribution in [3.63, 3.8) is 0 Å². The number of amides is 3. The fourth-order valence-corrected chi connectivity index (χ4v) is 9.34. The number of aryl methyl sites for hydroxylation is 2. The summed E-state index contributed by atoms with van der Waals surface area (Å²) in [6, 6.07) is 23.7. The Morgan fingerprint density at radius 1 is 0.859 bits per heavy atom. The van der Waals surface area contributed by atoms with E-state index in [0.717, 1.165) is 81.3 Å². The SMILES string of the molecule is COc1ccccc1C(=O)NCc1ccc(-c2nn3c(c2C(N)=O)Nc2ccc(N4CCN(CC5CCN(c6ccc(N7CCC(=O)NC7O)cc6)CC5)CC4)cc2CC3)c(F)c1F. The minimum Gasteiger partial charge on any atom is -0.496 e. The molecule has 0 spiro atoms. The number of para-hydroxylation sites is 1. The number of ether oxygens (including phenoxy) is 1. The number of fused-ring (bicyclic) bond motifs is 2. The zero-order valence-corrected chi connectivity index (χ0v) is 35.7. The van der Waals surface area contributed by atoms with E-state index in [1.807, 2.05) is 18.2 Å². The summed E-state index contributed by atoms with van der Waals surface area (Å²) in [5.41, 5.74) is 10.7. The van der Waals surface area contributed by atoms with Crippen molar-refractivity contribution < 1.29 is 33.0 Å². The molecule has 5 aromatic rings. The first-order chi connectivity index (χ1) is 31.0. The van der Waals surface area contributed by atoms with Crippen LogP contribution in [0.2, 0.25) is 0 Å². The summed E-state index contributed by atoms with van der Waals surface area (Å²) in [6.45, 7) is 7.38. The third-order valence-electron chi connectivity index (χ3n) is 12.9. The third-order valence-corrected chi connectivity index (χ3v) is 12.9. The number of halogens is 2. The normalized spacial score (nSPS) is 18.1. The fraction of sp³-hybridized carbons (Fsp3) is 0.362. The van der Waals surface area contributed by atoms with Gasteiger partial charge < -0.3 is 46.2 Å². The van der Waals surface area contributed by atoms with E-state index in [1.165, 1.54) is 24.9 Å². The number of hydrogen-bond donors (Lipinski definition) is 5. The second-order valence-corrected chi connectivity index (χ2v) is 16.8. The van der Waals surface area contributed by atoms with Crippen LogP contribution in [0.25, 0.3) is 11.3 Å². The Kier molecular flexibility index (Phi) is 12.1. The van der Waals surface area contributed by atoms with E-state index in [2.05, 4.69) is 60.0 Å². The highest BCUT2D eigenvalue weighted by molar-refractivity contribution is 6.04. The number of piperazine rings is 1. The molecule has 0 bridgehead atoms. The van der Waals surface area contributed by atoms with Crippen molar-refractivity contribution in [2.45, 2.75) is 45.1 Å². The third kappa shape index (κ3) is 8.64. The first kappa shape index (κ1) is 42.6. The van der Waals surface area contributed by atoms with E-state index in [1.54, 1.807) is 33.8 Å². The number of aromatic nitrogens is 2. The second-order valence-electron chi connectivity index (χ2n) is 16.8. The molecule has 1 atom stereocenters. The van der Waals surface area contributed by atoms with Gasteiger partial charge in [-0.2, -0.15) is 5.10 Å². The summed E-state index contributed by atoms with van der Waals surface area (Å²) < 4.78 is 38.2. The number of benzene rings is 4. The molecule has 4 aromatic carbocycles. The van der Waals surface area contributed by atoms with Crippen LogP contribution < -0.4 is 41.1 Å². The summed E-state index contributed by atoms with van der Waals surface area (Å²) in [5.74, 6) is -2.56. The van der Waals surface area contributed by atoms with Crippen molar-refractivity contribution in [2.24, 2.45) is 11.7 Å². The van der Waals surface area contributed by atoms with Gasteiger partial charge in [0.25, 0.3) is 11.8 Å². The predicted octanol–water partition coefficient (Wildman–Crippen LogP) is 4.81. The summed E-state index contributed by atoms with van der Waals surface area (Å²) in [4.78, 5) is 46.6. The minimum absolute atomic E-state index is 0.0453. The maximum atomic E-state index is 15.8. The quantitative estimate of drug-likeness (QED) is 0.123. The number of aliphatic hydroxyl groups excluding tert-OH is 1. The highest BCUT2D eigenvalue weighted by atomic mass is 19.2. The summed E-state index contributed by atoms with van der Waals surface area (Å²) in [5, 5.41) is 23.4. The molecule has 15 nitrogen and oxygen atoms in total. The van der Waals surface area contributed by atoms with Gasteiger partial charge in [0.15, 0.2) is 11.6 Å². The Labute approximate surface area is 369 Å². The van der Waals surface area contributed by atoms with Crippen LogP contribution in [-0.2, 0) is 24.3 Å². The maximum Gasteiger partial charge on any atom is 0.255 e. The van der Waals surface area contributed by atoms with Gasteiger partial charge in [0.2, 0.25) is 12.3 Å². The largest absolute Gasteiger partial charge is 0.496 e. The van der Waals surface area contributed by atoms with Crippen LogP contribution in [0.4, 0.5) is 37.3 Å². The number of methoxy groups -OCH3 is 1. The van der Waals surface area contributed by atoms with Crippen molar-refractivity contribution in [3.05, 3.63) is 113 Å². The van der Waals surface area contributed by atoms with Crippen LogP contribution in [0.15, 0.2) is 78.9 Å². The van der Waals surface area contributed by atoms with Crippen molar-refractivity contribution in [1.82, 2.24) is 25.3 Å². The van der Waals surface area contributed by atoms with Gasteiger partial charge in [-0.05, 0) is 91.4 Å². The topological polar surface area (TPSA) is 174 Å². The van der Waals surface area contributed by atoms with Crippen LogP contribution in [0, 0.1) is 17.6 Å². The molecule has 334 valence electrons. The molecule has 1 aromatic heterocycles. The molecular weight excluding hydrogens is 823 g/mol. The van der Waals surface area contributed by atoms with Crippen molar-refractivity contribution in [1.29, 1.82) is 0 Å².